The zero-order chi connectivity index (χ0) is 109. The number of ketones is 2. The number of anilines is 1. The average molecular weight is 2090 g/mol. The number of aliphatic hydroxyl groups excluding tert-OH is 4. The molecule has 10 N–H and O–H groups in total. The molecule has 17 atom stereocenters. The fourth-order valence-corrected chi connectivity index (χ4v) is 16.8. The molecule has 0 aliphatic carbocycles. The van der Waals surface area contributed by atoms with Crippen LogP contribution in [-0.4, -0.2) is 414 Å². The summed E-state index contributed by atoms with van der Waals surface area (Å²) in [5.74, 6) is -11.5. The Kier molecular flexibility index (Phi) is 61.4. The number of aliphatic hydroxyl groups is 4. The molecule has 2 saturated heterocycles. The Balaban J connectivity index is 1.15. The normalized spacial score (nSPS) is 18.6. The highest BCUT2D eigenvalue weighted by molar-refractivity contribution is 6.15. The van der Waals surface area contributed by atoms with Crippen LogP contribution in [-0.2, 0) is 140 Å². The van der Waals surface area contributed by atoms with Gasteiger partial charge in [0.05, 0.1) is 207 Å². The van der Waals surface area contributed by atoms with Gasteiger partial charge in [-0.05, 0) is 99.8 Å². The summed E-state index contributed by atoms with van der Waals surface area (Å²) in [5, 5.41) is 66.2. The van der Waals surface area contributed by atoms with Crippen molar-refractivity contribution in [2.75, 3.05) is 219 Å². The maximum Gasteiger partial charge on any atom is 0.410 e. The van der Waals surface area contributed by atoms with Crippen LogP contribution in [0.2, 0.25) is 0 Å². The van der Waals surface area contributed by atoms with Gasteiger partial charge < -0.3 is 152 Å². The zero-order valence-electron chi connectivity index (χ0n) is 88.5. The summed E-state index contributed by atoms with van der Waals surface area (Å²) in [6, 6.07) is 7.44. The summed E-state index contributed by atoms with van der Waals surface area (Å²) < 4.78 is 100. The van der Waals surface area contributed by atoms with Gasteiger partial charge in [-0.3, -0.25) is 52.8 Å². The molecule has 45 heteroatoms. The Morgan fingerprint density at radius 1 is 0.571 bits per heavy atom. The van der Waals surface area contributed by atoms with Gasteiger partial charge in [-0.2, -0.15) is 0 Å². The molecule has 0 saturated carbocycles. The second kappa shape index (κ2) is 70.6. The third-order valence-corrected chi connectivity index (χ3v) is 24.9. The maximum absolute atomic E-state index is 15.1. The topological polar surface area (TPSA) is 562 Å². The van der Waals surface area contributed by atoms with Crippen LogP contribution in [0.4, 0.5) is 15.3 Å². The molecule has 3 aliphatic heterocycles. The summed E-state index contributed by atoms with van der Waals surface area (Å²) in [6.07, 6.45) is -11.8. The van der Waals surface area contributed by atoms with E-state index < -0.39 is 200 Å². The first-order valence-electron chi connectivity index (χ1n) is 50.7. The molecule has 0 unspecified atom stereocenters. The standard InChI is InChI=1S/C102H165N9O36/c1-17-68(6)88(81(131-15)63-86(118)110-36-23-27-76(110)93(132-16)70(8)78(112)60-69(7)89(119)72-24-19-18-20-25-72)108(12)97(125)73(66(2)3)62-79(113)87(67(4)5)109(13)101(129)144-65-71-28-29-80(145-99-92(122)90(120)91(121)94(146-99)98(126)127)75(61-71)106-83(115)32-35-104-95(123)74(107-96(124)77(111-84(116)30-31-85(111)117)64-105-100(128)147-102(9,10)11)26-21-22-34-103-82(114)33-37-133-40-41-135-44-45-137-48-49-139-52-53-141-56-57-143-59-58-142-55-54-140-51-50-138-47-46-136-43-42-134-39-38-130-14/h18-20,24-25,28-31,61,66-70,73-74,76-77,81,87-94,99,119-122H,17,21-23,26-27,32-60,62-65H2,1-16H3,(H,103,114)(H,104,123)(H,105,128)(H,106,115)(H,107,124)(H,126,127)/t68-,69-,70-,73-,74-,76-,77+,81+,87-,88-,89+,90-,91-,92+,93+,94-,99+/m0/s1. The smallest absolute Gasteiger partial charge is 0.410 e. The molecule has 0 aromatic heterocycles. The van der Waals surface area contributed by atoms with Crippen molar-refractivity contribution in [3.63, 3.8) is 0 Å². The van der Waals surface area contributed by atoms with Gasteiger partial charge in [0, 0.05) is 105 Å². The quantitative estimate of drug-likeness (QED) is 0.0326. The lowest BCUT2D eigenvalue weighted by molar-refractivity contribution is -0.271. The van der Waals surface area contributed by atoms with Crippen LogP contribution in [0.5, 0.6) is 5.75 Å². The number of carbonyl (C=O) groups excluding carboxylic acids is 12. The van der Waals surface area contributed by atoms with Crippen molar-refractivity contribution < 1.29 is 173 Å². The lowest BCUT2D eigenvalue weighted by Crippen LogP contribution is -2.61. The van der Waals surface area contributed by atoms with Crippen molar-refractivity contribution in [2.45, 2.75) is 238 Å². The average Bonchev–Trinajstić information content (AvgIpc) is 1.17. The van der Waals surface area contributed by atoms with Gasteiger partial charge in [-0.25, -0.2) is 14.4 Å². The number of carboxylic acid groups (broad SMARTS) is 1. The van der Waals surface area contributed by atoms with Gasteiger partial charge in [0.2, 0.25) is 41.7 Å². The van der Waals surface area contributed by atoms with Gasteiger partial charge in [0.15, 0.2) is 11.9 Å². The molecule has 45 nitrogen and oxygen atoms in total. The molecule has 2 fully saturated rings. The van der Waals surface area contributed by atoms with Crippen LogP contribution < -0.4 is 31.3 Å². The predicted molar refractivity (Wildman–Crippen MR) is 532 cm³/mol. The summed E-state index contributed by atoms with van der Waals surface area (Å²) in [7, 11) is 7.59. The van der Waals surface area contributed by atoms with Crippen LogP contribution in [0.1, 0.15) is 164 Å². The molecule has 0 spiro atoms. The van der Waals surface area contributed by atoms with E-state index in [-0.39, 0.29) is 112 Å². The Labute approximate surface area is 863 Å². The molecule has 147 heavy (non-hydrogen) atoms. The minimum Gasteiger partial charge on any atom is -0.479 e. The highest BCUT2D eigenvalue weighted by Crippen LogP contribution is 2.36. The van der Waals surface area contributed by atoms with Crippen molar-refractivity contribution in [3.05, 3.63) is 71.8 Å². The van der Waals surface area contributed by atoms with Crippen molar-refractivity contribution in [2.24, 2.45) is 35.5 Å². The lowest BCUT2D eigenvalue weighted by Gasteiger charge is -2.41. The van der Waals surface area contributed by atoms with E-state index in [0.717, 1.165) is 17.1 Å². The van der Waals surface area contributed by atoms with Gasteiger partial charge >= 0.3 is 18.2 Å². The van der Waals surface area contributed by atoms with Gasteiger partial charge in [0.1, 0.15) is 54.1 Å². The van der Waals surface area contributed by atoms with E-state index in [9.17, 15) is 83.1 Å². The highest BCUT2D eigenvalue weighted by Gasteiger charge is 2.50. The van der Waals surface area contributed by atoms with Crippen molar-refractivity contribution in [3.8, 4) is 5.75 Å². The van der Waals surface area contributed by atoms with E-state index in [1.165, 1.54) is 39.5 Å². The number of nitrogens with zero attached hydrogens (tertiary/aromatic N) is 4. The Morgan fingerprint density at radius 3 is 1.61 bits per heavy atom. The number of nitrogens with one attached hydrogen (secondary N) is 5. The summed E-state index contributed by atoms with van der Waals surface area (Å²) in [5.41, 5.74) is -0.405. The van der Waals surface area contributed by atoms with Crippen molar-refractivity contribution in [1.82, 2.24) is 40.9 Å². The van der Waals surface area contributed by atoms with Gasteiger partial charge in [-0.1, -0.05) is 98.2 Å². The molecule has 10 amide bonds. The van der Waals surface area contributed by atoms with E-state index in [0.29, 0.717) is 168 Å². The Morgan fingerprint density at radius 2 is 1.11 bits per heavy atom. The number of carboxylic acids is 1. The zero-order valence-corrected chi connectivity index (χ0v) is 88.5. The Hall–Kier alpha value is -9.47. The number of rotatable bonds is 78. The minimum atomic E-state index is -2.12. The maximum atomic E-state index is 15.1. The highest BCUT2D eigenvalue weighted by atomic mass is 16.7. The number of likely N-dealkylation sites (N-methyl/N-ethyl adjacent to an activating group) is 2. The number of imide groups is 1. The van der Waals surface area contributed by atoms with Crippen molar-refractivity contribution >= 4 is 82.7 Å². The summed E-state index contributed by atoms with van der Waals surface area (Å²) >= 11 is 0. The van der Waals surface area contributed by atoms with E-state index in [2.05, 4.69) is 26.6 Å². The second-order valence-corrected chi connectivity index (χ2v) is 37.9. The Bertz CT molecular complexity index is 4270. The number of unbranched alkanes of at least 4 members (excludes halogenated alkanes) is 1. The number of methoxy groups -OCH3 is 3. The molecule has 3 aliphatic rings. The summed E-state index contributed by atoms with van der Waals surface area (Å²) in [6.45, 7) is 27.2. The fourth-order valence-electron chi connectivity index (χ4n) is 16.8. The number of amides is 10. The number of alkyl carbamates (subject to hydrolysis) is 1. The third kappa shape index (κ3) is 46.5. The first-order valence-corrected chi connectivity index (χ1v) is 50.7. The number of benzene rings is 2. The first-order chi connectivity index (χ1) is 70.2. The molecule has 3 heterocycles. The van der Waals surface area contributed by atoms with E-state index >= 15 is 4.79 Å². The van der Waals surface area contributed by atoms with E-state index in [1.54, 1.807) is 79.3 Å². The largest absolute Gasteiger partial charge is 0.479 e. The van der Waals surface area contributed by atoms with Crippen LogP contribution >= 0.6 is 0 Å². The molecule has 2 aromatic carbocycles. The fraction of sp³-hybridized carbons (Fsp3) is 0.735. The molecule has 834 valence electrons. The molecule has 5 rings (SSSR count). The number of Topliss-reactive ketones (excluding diaryl/α,β-unsaturated/α-hetero) is 2. The number of likely N-dealkylation sites (tertiary alicyclic amines) is 1. The van der Waals surface area contributed by atoms with Crippen LogP contribution in [0.15, 0.2) is 60.7 Å². The van der Waals surface area contributed by atoms with Gasteiger partial charge in [0.25, 0.3) is 11.8 Å². The minimum absolute atomic E-state index is 0.0103. The van der Waals surface area contributed by atoms with E-state index in [1.807, 2.05) is 51.1 Å². The first kappa shape index (κ1) is 128. The molecule has 0 bridgehead atoms. The molecular formula is C102H165N9O36. The number of hydrogen-bond acceptors (Lipinski definition) is 35. The molecular weight excluding hydrogens is 1930 g/mol. The predicted octanol–water partition coefficient (Wildman–Crippen LogP) is 4.28. The van der Waals surface area contributed by atoms with Crippen LogP contribution in [0, 0.1) is 35.5 Å². The molecule has 2 aromatic rings. The number of hydrogen-bond donors (Lipinski definition) is 10. The number of carbonyl (C=O) groups is 13. The van der Waals surface area contributed by atoms with E-state index in [4.69, 9.17) is 85.3 Å². The SMILES string of the molecule is CC[C@H](C)[C@@H]([C@@H](CC(=O)N1CCC[C@H]1[C@H](OC)[C@@H](C)C(=O)C[C@H](C)[C@@H](O)c1ccccc1)OC)N(C)C(=O)[C@@H](CC(=O)[C@H](C(C)C)N(C)C(=O)OCc1ccc(O[C@@H]2O[C@H](C(=O)O)[C@@H](O)[C@H](O)[C@H]2O)c(NC(=O)CCNC(=O)[C@H](CCCCNC(=O)CCOCCOCCOCCOCCOCCOCCOCCOCCOCCOCCOCCOC)NC(=O)[C@@H](CNC(=O)OC(C)(C)C)N2C(=O)C=CC2=O)c1)C(C)C. The third-order valence-electron chi connectivity index (χ3n) is 24.9. The summed E-state index contributed by atoms with van der Waals surface area (Å²) in [4.78, 5) is 185. The second-order valence-electron chi connectivity index (χ2n) is 37.9. The lowest BCUT2D eigenvalue weighted by atomic mass is 9.83. The monoisotopic (exact) mass is 2090 g/mol. The van der Waals surface area contributed by atoms with Crippen LogP contribution in [0.3, 0.4) is 0 Å². The molecule has 0 radical (unpaired) electrons. The van der Waals surface area contributed by atoms with Crippen molar-refractivity contribution in [1.29, 1.82) is 0 Å². The van der Waals surface area contributed by atoms with Crippen LogP contribution in [0.25, 0.3) is 0 Å². The number of aliphatic carboxylic acids is 1. The number of ether oxygens (including phenoxy) is 18. The van der Waals surface area contributed by atoms with Gasteiger partial charge in [-0.15, -0.1) is 0 Å².